The van der Waals surface area contributed by atoms with E-state index in [1.807, 2.05) is 30.3 Å². The van der Waals surface area contributed by atoms with Gasteiger partial charge in [0.2, 0.25) is 0 Å². The van der Waals surface area contributed by atoms with Crippen molar-refractivity contribution >= 4 is 11.9 Å². The summed E-state index contributed by atoms with van der Waals surface area (Å²) in [6.07, 6.45) is 21.0. The van der Waals surface area contributed by atoms with E-state index < -0.39 is 23.3 Å². The van der Waals surface area contributed by atoms with E-state index in [1.165, 1.54) is 24.8 Å². The van der Waals surface area contributed by atoms with Gasteiger partial charge in [-0.2, -0.15) is 0 Å². The molecule has 2 aliphatic rings. The summed E-state index contributed by atoms with van der Waals surface area (Å²) in [6.45, 7) is 18.5. The van der Waals surface area contributed by atoms with Crippen LogP contribution in [0.2, 0.25) is 0 Å². The third-order valence-electron chi connectivity index (χ3n) is 12.4. The Morgan fingerprint density at radius 2 is 1.54 bits per heavy atom. The average Bonchev–Trinajstić information content (AvgIpc) is 3.18. The largest absolute Gasteiger partial charge is 0.494 e. The number of fused-ring (bicyclic) bond motifs is 2. The maximum atomic E-state index is 12.6. The summed E-state index contributed by atoms with van der Waals surface area (Å²) in [5.41, 5.74) is 0.799. The Bertz CT molecular complexity index is 1680. The van der Waals surface area contributed by atoms with Gasteiger partial charge >= 0.3 is 11.9 Å². The molecule has 0 saturated carbocycles. The molecule has 0 spiro atoms. The molecule has 2 aromatic carbocycles. The predicted octanol–water partition coefficient (Wildman–Crippen LogP) is 12.7. The van der Waals surface area contributed by atoms with Crippen LogP contribution in [0.25, 0.3) is 0 Å². The topological polar surface area (TPSA) is 112 Å². The van der Waals surface area contributed by atoms with E-state index in [4.69, 9.17) is 18.9 Å². The first kappa shape index (κ1) is 47.7. The van der Waals surface area contributed by atoms with Gasteiger partial charge in [-0.15, -0.1) is 0 Å². The molecule has 0 saturated heterocycles. The number of carboxylic acid groups (broad SMARTS) is 2. The molecule has 2 aliphatic heterocycles. The molecule has 0 aromatic heterocycles. The van der Waals surface area contributed by atoms with Gasteiger partial charge in [0.25, 0.3) is 0 Å². The number of rotatable bonds is 26. The molecule has 2 aromatic rings. The lowest BCUT2D eigenvalue weighted by Crippen LogP contribution is -2.34. The zero-order valence-corrected chi connectivity index (χ0v) is 37.6. The summed E-state index contributed by atoms with van der Waals surface area (Å²) in [5.74, 6) is 3.00. The summed E-state index contributed by atoms with van der Waals surface area (Å²) in [5, 5.41) is 20.3. The third kappa shape index (κ3) is 15.9. The van der Waals surface area contributed by atoms with Crippen molar-refractivity contribution in [2.75, 3.05) is 13.2 Å². The number of hydrogen-bond acceptors (Lipinski definition) is 6. The van der Waals surface area contributed by atoms with Crippen LogP contribution in [0.15, 0.2) is 60.7 Å². The van der Waals surface area contributed by atoms with Crippen LogP contribution in [-0.4, -0.2) is 47.1 Å². The van der Waals surface area contributed by atoms with Gasteiger partial charge in [-0.05, 0) is 168 Å². The molecule has 6 atom stereocenters. The summed E-state index contributed by atoms with van der Waals surface area (Å²) in [4.78, 5) is 24.8. The van der Waals surface area contributed by atoms with Crippen molar-refractivity contribution in [1.29, 1.82) is 0 Å². The number of aliphatic carboxylic acids is 2. The number of hydrogen-bond donors (Lipinski definition) is 2. The number of ether oxygens (including phenoxy) is 4. The molecule has 59 heavy (non-hydrogen) atoms. The summed E-state index contributed by atoms with van der Waals surface area (Å²) >= 11 is 0. The molecule has 2 heterocycles. The standard InChI is InChI=1S/C51H76O8/c1-36(2)14-9-15-38(5)16-10-29-51(8)31-27-42-35-44(22-25-47(42)59-51)58-45(23-20-37(3)4)39(6)17-11-28-50(7,49(54)55)30-26-40(48(52)53)18-12-32-56-43-21-24-46-41(34-43)19-13-33-57-46/h10-11,21-22,24-25,28-29,34-40,45H,9,12-20,23,26-27,30-33H2,1-8H3,(H,52,53)(H,54,55). The van der Waals surface area contributed by atoms with E-state index in [-0.39, 0.29) is 30.5 Å². The lowest BCUT2D eigenvalue weighted by Gasteiger charge is -2.34. The van der Waals surface area contributed by atoms with Crippen LogP contribution in [0.4, 0.5) is 0 Å². The maximum absolute atomic E-state index is 12.6. The van der Waals surface area contributed by atoms with Crippen LogP contribution in [0.3, 0.4) is 0 Å². The lowest BCUT2D eigenvalue weighted by atomic mass is 9.81. The minimum atomic E-state index is -1.18. The molecule has 8 nitrogen and oxygen atoms in total. The first-order valence-corrected chi connectivity index (χ1v) is 22.7. The Kier molecular flexibility index (Phi) is 18.7. The fourth-order valence-corrected chi connectivity index (χ4v) is 8.17. The van der Waals surface area contributed by atoms with Gasteiger partial charge in [-0.3, -0.25) is 9.59 Å². The molecule has 0 bridgehead atoms. The molecule has 0 fully saturated rings. The molecular formula is C51H76O8. The van der Waals surface area contributed by atoms with Crippen molar-refractivity contribution in [3.05, 3.63) is 71.8 Å². The second-order valence-corrected chi connectivity index (χ2v) is 19.0. The fraction of sp³-hybridized carbons (Fsp3) is 0.647. The molecule has 4 rings (SSSR count). The second-order valence-electron chi connectivity index (χ2n) is 19.0. The van der Waals surface area contributed by atoms with Gasteiger partial charge in [0, 0.05) is 0 Å². The van der Waals surface area contributed by atoms with E-state index in [0.29, 0.717) is 37.7 Å². The molecule has 0 radical (unpaired) electrons. The van der Waals surface area contributed by atoms with Crippen molar-refractivity contribution in [2.45, 2.75) is 163 Å². The number of carbonyl (C=O) groups is 2. The second kappa shape index (κ2) is 23.2. The number of aryl methyl sites for hydroxylation is 2. The van der Waals surface area contributed by atoms with Crippen LogP contribution in [0, 0.1) is 35.0 Å². The highest BCUT2D eigenvalue weighted by molar-refractivity contribution is 5.76. The van der Waals surface area contributed by atoms with Crippen LogP contribution < -0.4 is 18.9 Å². The predicted molar refractivity (Wildman–Crippen MR) is 238 cm³/mol. The Hall–Kier alpha value is -3.94. The van der Waals surface area contributed by atoms with E-state index in [0.717, 1.165) is 86.0 Å². The van der Waals surface area contributed by atoms with E-state index in [2.05, 4.69) is 72.8 Å². The lowest BCUT2D eigenvalue weighted by molar-refractivity contribution is -0.147. The molecule has 8 heteroatoms. The first-order valence-electron chi connectivity index (χ1n) is 22.7. The molecule has 6 unspecified atom stereocenters. The molecule has 328 valence electrons. The van der Waals surface area contributed by atoms with E-state index >= 15 is 0 Å². The van der Waals surface area contributed by atoms with Gasteiger partial charge in [-0.25, -0.2) is 0 Å². The molecule has 2 N–H and O–H groups in total. The fourth-order valence-electron chi connectivity index (χ4n) is 8.17. The highest BCUT2D eigenvalue weighted by atomic mass is 16.5. The maximum Gasteiger partial charge on any atom is 0.313 e. The number of carboxylic acids is 2. The highest BCUT2D eigenvalue weighted by Crippen LogP contribution is 2.38. The Labute approximate surface area is 356 Å². The molecular weight excluding hydrogens is 741 g/mol. The van der Waals surface area contributed by atoms with E-state index in [9.17, 15) is 19.8 Å². The minimum Gasteiger partial charge on any atom is -0.494 e. The SMILES string of the molecule is CC(C)CCCC(C)CC=CC1(C)CCc2cc(OC(CCC(C)C)C(C)CC=CC(C)(CCC(CCCOc3ccc4c(c3)CCCO4)C(=O)O)C(=O)O)ccc2O1. The minimum absolute atomic E-state index is 0.0512. The van der Waals surface area contributed by atoms with Gasteiger partial charge in [-0.1, -0.05) is 79.0 Å². The monoisotopic (exact) mass is 817 g/mol. The highest BCUT2D eigenvalue weighted by Gasteiger charge is 2.33. The van der Waals surface area contributed by atoms with Crippen LogP contribution >= 0.6 is 0 Å². The van der Waals surface area contributed by atoms with Gasteiger partial charge in [0.05, 0.1) is 24.5 Å². The van der Waals surface area contributed by atoms with Crippen molar-refractivity contribution in [1.82, 2.24) is 0 Å². The van der Waals surface area contributed by atoms with Crippen LogP contribution in [-0.2, 0) is 22.4 Å². The van der Waals surface area contributed by atoms with E-state index in [1.54, 1.807) is 13.0 Å². The van der Waals surface area contributed by atoms with Crippen molar-refractivity contribution in [3.8, 4) is 23.0 Å². The Balaban J connectivity index is 1.29. The van der Waals surface area contributed by atoms with Crippen molar-refractivity contribution in [3.63, 3.8) is 0 Å². The smallest absolute Gasteiger partial charge is 0.313 e. The van der Waals surface area contributed by atoms with Crippen LogP contribution in [0.1, 0.15) is 150 Å². The first-order chi connectivity index (χ1) is 28.1. The van der Waals surface area contributed by atoms with Crippen LogP contribution in [0.5, 0.6) is 23.0 Å². The van der Waals surface area contributed by atoms with Gasteiger partial charge < -0.3 is 29.2 Å². The zero-order chi connectivity index (χ0) is 43.0. The third-order valence-corrected chi connectivity index (χ3v) is 12.4. The Morgan fingerprint density at radius 1 is 0.831 bits per heavy atom. The van der Waals surface area contributed by atoms with Gasteiger partial charge in [0.15, 0.2) is 0 Å². The number of benzene rings is 2. The summed E-state index contributed by atoms with van der Waals surface area (Å²) in [6, 6.07) is 12.0. The average molecular weight is 817 g/mol. The zero-order valence-electron chi connectivity index (χ0n) is 37.6. The summed E-state index contributed by atoms with van der Waals surface area (Å²) < 4.78 is 24.9. The Morgan fingerprint density at radius 3 is 2.27 bits per heavy atom. The van der Waals surface area contributed by atoms with Crippen molar-refractivity contribution in [2.24, 2.45) is 35.0 Å². The summed E-state index contributed by atoms with van der Waals surface area (Å²) in [7, 11) is 0. The quantitative estimate of drug-likeness (QED) is 0.0713. The van der Waals surface area contributed by atoms with Crippen molar-refractivity contribution < 1.29 is 38.7 Å². The normalized spacial score (nSPS) is 19.6. The molecule has 0 amide bonds. The number of allylic oxidation sites excluding steroid dienone is 2. The van der Waals surface area contributed by atoms with Gasteiger partial charge in [0.1, 0.15) is 34.7 Å². The molecule has 0 aliphatic carbocycles.